The van der Waals surface area contributed by atoms with Gasteiger partial charge in [0, 0.05) is 12.6 Å². The number of rotatable bonds is 6. The van der Waals surface area contributed by atoms with Crippen LogP contribution in [-0.4, -0.2) is 19.0 Å². The summed E-state index contributed by atoms with van der Waals surface area (Å²) >= 11 is 0. The van der Waals surface area contributed by atoms with Gasteiger partial charge in [-0.2, -0.15) is 0 Å². The van der Waals surface area contributed by atoms with Gasteiger partial charge in [-0.15, -0.1) is 12.4 Å². The number of nitrogens with two attached hydrogens (primary N) is 1. The Morgan fingerprint density at radius 3 is 2.59 bits per heavy atom. The van der Waals surface area contributed by atoms with E-state index in [1.807, 2.05) is 30.3 Å². The molecule has 1 aromatic carbocycles. The Bertz CT molecular complexity index is 339. The Labute approximate surface area is 109 Å². The van der Waals surface area contributed by atoms with Crippen molar-refractivity contribution < 1.29 is 4.79 Å². The average Bonchev–Trinajstić information content (AvgIpc) is 2.33. The van der Waals surface area contributed by atoms with E-state index in [1.54, 1.807) is 12.2 Å². The van der Waals surface area contributed by atoms with Crippen LogP contribution in [0.1, 0.15) is 18.4 Å². The topological polar surface area (TPSA) is 55.1 Å². The number of hydrogen-bond acceptors (Lipinski definition) is 2. The molecule has 17 heavy (non-hydrogen) atoms. The largest absolute Gasteiger partial charge is 0.353 e. The minimum absolute atomic E-state index is 0. The van der Waals surface area contributed by atoms with Crippen molar-refractivity contribution in [3.05, 3.63) is 42.0 Å². The lowest BCUT2D eigenvalue weighted by Gasteiger charge is -2.00. The summed E-state index contributed by atoms with van der Waals surface area (Å²) in [7, 11) is 0. The molecule has 0 aliphatic carbocycles. The highest BCUT2D eigenvalue weighted by atomic mass is 35.5. The van der Waals surface area contributed by atoms with Crippen LogP contribution in [0.4, 0.5) is 0 Å². The summed E-state index contributed by atoms with van der Waals surface area (Å²) in [5.74, 6) is -0.0547. The van der Waals surface area contributed by atoms with Crippen molar-refractivity contribution in [2.75, 3.05) is 13.1 Å². The summed E-state index contributed by atoms with van der Waals surface area (Å²) in [6.45, 7) is 1.37. The smallest absolute Gasteiger partial charge is 0.243 e. The highest BCUT2D eigenvalue weighted by Crippen LogP contribution is 2.00. The molecule has 0 aliphatic rings. The van der Waals surface area contributed by atoms with E-state index in [0.29, 0.717) is 13.1 Å². The van der Waals surface area contributed by atoms with Gasteiger partial charge in [-0.3, -0.25) is 4.79 Å². The summed E-state index contributed by atoms with van der Waals surface area (Å²) in [5, 5.41) is 2.81. The van der Waals surface area contributed by atoms with Gasteiger partial charge in [0.15, 0.2) is 0 Å². The highest BCUT2D eigenvalue weighted by Gasteiger charge is 1.93. The zero-order valence-electron chi connectivity index (χ0n) is 9.76. The maximum Gasteiger partial charge on any atom is 0.243 e. The lowest BCUT2D eigenvalue weighted by molar-refractivity contribution is -0.116. The molecule has 1 amide bonds. The molecule has 0 aliphatic heterocycles. The van der Waals surface area contributed by atoms with Crippen LogP contribution in [0.3, 0.4) is 0 Å². The van der Waals surface area contributed by atoms with Crippen molar-refractivity contribution in [3.8, 4) is 0 Å². The van der Waals surface area contributed by atoms with E-state index >= 15 is 0 Å². The molecule has 1 rings (SSSR count). The number of nitrogens with one attached hydrogen (secondary N) is 1. The van der Waals surface area contributed by atoms with E-state index < -0.39 is 0 Å². The van der Waals surface area contributed by atoms with Gasteiger partial charge in [0.25, 0.3) is 0 Å². The minimum Gasteiger partial charge on any atom is -0.353 e. The summed E-state index contributed by atoms with van der Waals surface area (Å²) in [6, 6.07) is 9.75. The number of hydrogen-bond donors (Lipinski definition) is 2. The van der Waals surface area contributed by atoms with Crippen molar-refractivity contribution in [2.24, 2.45) is 5.73 Å². The molecule has 0 bridgehead atoms. The first kappa shape index (κ1) is 15.7. The van der Waals surface area contributed by atoms with Crippen LogP contribution in [0.5, 0.6) is 0 Å². The second kappa shape index (κ2) is 9.87. The number of unbranched alkanes of at least 4 members (excludes halogenated alkanes) is 1. The fourth-order valence-corrected chi connectivity index (χ4v) is 1.28. The highest BCUT2D eigenvalue weighted by molar-refractivity contribution is 5.91. The molecule has 0 saturated heterocycles. The SMILES string of the molecule is Cl.NCCCCNC(=O)/C=C/c1ccccc1. The molecule has 0 unspecified atom stereocenters. The molecule has 3 N–H and O–H groups in total. The second-order valence-corrected chi connectivity index (χ2v) is 3.53. The first-order chi connectivity index (χ1) is 7.83. The Kier molecular flexibility index (Phi) is 9.11. The molecular formula is C13H19ClN2O. The van der Waals surface area contributed by atoms with Crippen molar-refractivity contribution in [2.45, 2.75) is 12.8 Å². The third-order valence-corrected chi connectivity index (χ3v) is 2.16. The summed E-state index contributed by atoms with van der Waals surface area (Å²) in [5.41, 5.74) is 6.38. The molecule has 0 fully saturated rings. The third kappa shape index (κ3) is 7.55. The summed E-state index contributed by atoms with van der Waals surface area (Å²) in [4.78, 5) is 11.4. The van der Waals surface area contributed by atoms with Crippen LogP contribution < -0.4 is 11.1 Å². The lowest BCUT2D eigenvalue weighted by atomic mass is 10.2. The van der Waals surface area contributed by atoms with E-state index in [0.717, 1.165) is 18.4 Å². The van der Waals surface area contributed by atoms with Gasteiger partial charge in [0.1, 0.15) is 0 Å². The zero-order chi connectivity index (χ0) is 11.6. The molecule has 4 heteroatoms. The molecule has 0 heterocycles. The van der Waals surface area contributed by atoms with E-state index in [4.69, 9.17) is 5.73 Å². The van der Waals surface area contributed by atoms with Gasteiger partial charge < -0.3 is 11.1 Å². The molecule has 0 atom stereocenters. The summed E-state index contributed by atoms with van der Waals surface area (Å²) < 4.78 is 0. The van der Waals surface area contributed by atoms with Gasteiger partial charge in [-0.05, 0) is 31.0 Å². The number of carbonyl (C=O) groups excluding carboxylic acids is 1. The molecule has 3 nitrogen and oxygen atoms in total. The van der Waals surface area contributed by atoms with Crippen LogP contribution in [-0.2, 0) is 4.79 Å². The molecule has 0 aromatic heterocycles. The van der Waals surface area contributed by atoms with Crippen molar-refractivity contribution in [3.63, 3.8) is 0 Å². The van der Waals surface area contributed by atoms with Crippen LogP contribution in [0, 0.1) is 0 Å². The van der Waals surface area contributed by atoms with Crippen LogP contribution in [0.25, 0.3) is 6.08 Å². The number of halogens is 1. The predicted molar refractivity (Wildman–Crippen MR) is 74.0 cm³/mol. The Morgan fingerprint density at radius 2 is 1.94 bits per heavy atom. The first-order valence-electron chi connectivity index (χ1n) is 5.54. The van der Waals surface area contributed by atoms with Crippen LogP contribution >= 0.6 is 12.4 Å². The minimum atomic E-state index is -0.0547. The van der Waals surface area contributed by atoms with E-state index in [9.17, 15) is 4.79 Å². The Hall–Kier alpha value is -1.32. The monoisotopic (exact) mass is 254 g/mol. The zero-order valence-corrected chi connectivity index (χ0v) is 10.6. The molecule has 94 valence electrons. The van der Waals surface area contributed by atoms with Crippen LogP contribution in [0.2, 0.25) is 0 Å². The van der Waals surface area contributed by atoms with E-state index in [-0.39, 0.29) is 18.3 Å². The standard InChI is InChI=1S/C13H18N2O.ClH/c14-10-4-5-11-15-13(16)9-8-12-6-2-1-3-7-12;/h1-3,6-9H,4-5,10-11,14H2,(H,15,16);1H/b9-8+;. The fraction of sp³-hybridized carbons (Fsp3) is 0.308. The Balaban J connectivity index is 0.00000256. The van der Waals surface area contributed by atoms with Gasteiger partial charge in [0.05, 0.1) is 0 Å². The molecule has 0 radical (unpaired) electrons. The third-order valence-electron chi connectivity index (χ3n) is 2.16. The molecule has 0 saturated carbocycles. The lowest BCUT2D eigenvalue weighted by Crippen LogP contribution is -2.22. The van der Waals surface area contributed by atoms with Gasteiger partial charge in [-0.1, -0.05) is 30.3 Å². The normalized spacial score (nSPS) is 9.94. The van der Waals surface area contributed by atoms with Crippen molar-refractivity contribution in [1.82, 2.24) is 5.32 Å². The summed E-state index contributed by atoms with van der Waals surface area (Å²) in [6.07, 6.45) is 5.24. The van der Waals surface area contributed by atoms with Gasteiger partial charge in [0.2, 0.25) is 5.91 Å². The number of benzene rings is 1. The Morgan fingerprint density at radius 1 is 1.24 bits per heavy atom. The number of carbonyl (C=O) groups is 1. The predicted octanol–water partition coefficient (Wildman–Crippen LogP) is 1.98. The number of amides is 1. The van der Waals surface area contributed by atoms with E-state index in [1.165, 1.54) is 0 Å². The van der Waals surface area contributed by atoms with E-state index in [2.05, 4.69) is 5.32 Å². The molecule has 0 spiro atoms. The van der Waals surface area contributed by atoms with Crippen molar-refractivity contribution >= 4 is 24.4 Å². The molecule has 1 aromatic rings. The van der Waals surface area contributed by atoms with Gasteiger partial charge >= 0.3 is 0 Å². The maximum absolute atomic E-state index is 11.4. The molecular weight excluding hydrogens is 236 g/mol. The second-order valence-electron chi connectivity index (χ2n) is 3.53. The first-order valence-corrected chi connectivity index (χ1v) is 5.54. The fourth-order valence-electron chi connectivity index (χ4n) is 1.28. The average molecular weight is 255 g/mol. The quantitative estimate of drug-likeness (QED) is 0.603. The van der Waals surface area contributed by atoms with Crippen LogP contribution in [0.15, 0.2) is 36.4 Å². The van der Waals surface area contributed by atoms with Crippen molar-refractivity contribution in [1.29, 1.82) is 0 Å². The maximum atomic E-state index is 11.4. The van der Waals surface area contributed by atoms with Gasteiger partial charge in [-0.25, -0.2) is 0 Å².